The highest BCUT2D eigenvalue weighted by Crippen LogP contribution is 2.32. The minimum absolute atomic E-state index is 0.158. The first-order valence-corrected chi connectivity index (χ1v) is 7.47. The molecule has 0 aliphatic carbocycles. The topological polar surface area (TPSA) is 103 Å². The number of nitrogens with one attached hydrogen (secondary N) is 1. The van der Waals surface area contributed by atoms with Crippen LogP contribution in [-0.4, -0.2) is 46.6 Å². The number of aliphatic carboxylic acids is 1. The van der Waals surface area contributed by atoms with Crippen molar-refractivity contribution in [3.05, 3.63) is 11.4 Å². The molecule has 106 valence electrons. The molecule has 1 aliphatic rings. The third-order valence-electron chi connectivity index (χ3n) is 3.64. The zero-order valence-electron chi connectivity index (χ0n) is 11.0. The molecule has 19 heavy (non-hydrogen) atoms. The molecule has 2 heterocycles. The molecule has 0 radical (unpaired) electrons. The first-order valence-electron chi connectivity index (χ1n) is 6.03. The number of hydrogen-bond donors (Lipinski definition) is 2. The second-order valence-electron chi connectivity index (χ2n) is 4.85. The molecule has 0 aromatic carbocycles. The van der Waals surface area contributed by atoms with Crippen molar-refractivity contribution in [1.82, 2.24) is 14.5 Å². The predicted molar refractivity (Wildman–Crippen MR) is 67.2 cm³/mol. The number of H-pyrrole nitrogens is 1. The van der Waals surface area contributed by atoms with Gasteiger partial charge in [-0.3, -0.25) is 9.89 Å². The molecular formula is C11H17N3O4S. The second-order valence-corrected chi connectivity index (χ2v) is 6.68. The van der Waals surface area contributed by atoms with Crippen molar-refractivity contribution in [3.8, 4) is 0 Å². The maximum Gasteiger partial charge on any atom is 0.308 e. The van der Waals surface area contributed by atoms with Crippen molar-refractivity contribution < 1.29 is 18.3 Å². The normalized spacial score (nSPS) is 24.8. The summed E-state index contributed by atoms with van der Waals surface area (Å²) in [7, 11) is -3.70. The lowest BCUT2D eigenvalue weighted by Gasteiger charge is -2.22. The van der Waals surface area contributed by atoms with Crippen LogP contribution < -0.4 is 0 Å². The molecule has 2 atom stereocenters. The Morgan fingerprint density at radius 1 is 1.47 bits per heavy atom. The van der Waals surface area contributed by atoms with Gasteiger partial charge >= 0.3 is 5.97 Å². The highest BCUT2D eigenvalue weighted by Gasteiger charge is 2.43. The van der Waals surface area contributed by atoms with Gasteiger partial charge in [0.1, 0.15) is 4.90 Å². The average molecular weight is 287 g/mol. The fraction of sp³-hybridized carbons (Fsp3) is 0.636. The number of aryl methyl sites for hydroxylation is 2. The molecule has 1 aromatic heterocycles. The van der Waals surface area contributed by atoms with Gasteiger partial charge in [0.15, 0.2) is 0 Å². The molecule has 1 aromatic rings. The number of carboxylic acids is 1. The zero-order chi connectivity index (χ0) is 14.4. The van der Waals surface area contributed by atoms with Gasteiger partial charge in [-0.05, 0) is 27.2 Å². The van der Waals surface area contributed by atoms with Gasteiger partial charge in [0.05, 0.1) is 17.3 Å². The van der Waals surface area contributed by atoms with Crippen LogP contribution in [0.3, 0.4) is 0 Å². The molecule has 1 fully saturated rings. The molecular weight excluding hydrogens is 270 g/mol. The zero-order valence-corrected chi connectivity index (χ0v) is 11.9. The van der Waals surface area contributed by atoms with Crippen LogP contribution in [-0.2, 0) is 14.8 Å². The van der Waals surface area contributed by atoms with E-state index in [1.165, 1.54) is 4.31 Å². The maximum atomic E-state index is 12.6. The predicted octanol–water partition coefficient (Wildman–Crippen LogP) is 0.510. The van der Waals surface area contributed by atoms with Gasteiger partial charge in [-0.25, -0.2) is 8.42 Å². The number of carbonyl (C=O) groups is 1. The van der Waals surface area contributed by atoms with E-state index in [4.69, 9.17) is 5.11 Å². The molecule has 2 rings (SSSR count). The number of rotatable bonds is 3. The van der Waals surface area contributed by atoms with Gasteiger partial charge in [-0.1, -0.05) is 0 Å². The van der Waals surface area contributed by atoms with Gasteiger partial charge in [-0.2, -0.15) is 9.40 Å². The van der Waals surface area contributed by atoms with Gasteiger partial charge in [0.25, 0.3) is 0 Å². The standard InChI is InChI=1S/C11H17N3O4S/c1-6-10(7(2)13-12-6)19(17,18)14-5-4-9(8(14)3)11(15)16/h8-9H,4-5H2,1-3H3,(H,12,13)(H,15,16). The van der Waals surface area contributed by atoms with Crippen molar-refractivity contribution in [2.24, 2.45) is 5.92 Å². The quantitative estimate of drug-likeness (QED) is 0.843. The van der Waals surface area contributed by atoms with Crippen LogP contribution in [0.5, 0.6) is 0 Å². The monoisotopic (exact) mass is 287 g/mol. The summed E-state index contributed by atoms with van der Waals surface area (Å²) in [6.07, 6.45) is 0.339. The fourth-order valence-electron chi connectivity index (χ4n) is 2.62. The SMILES string of the molecule is Cc1n[nH]c(C)c1S(=O)(=O)N1CCC(C(=O)O)C1C. The molecule has 7 nitrogen and oxygen atoms in total. The number of sulfonamides is 1. The summed E-state index contributed by atoms with van der Waals surface area (Å²) in [5.74, 6) is -1.60. The van der Waals surface area contributed by atoms with Gasteiger partial charge in [0.2, 0.25) is 10.0 Å². The van der Waals surface area contributed by atoms with E-state index in [1.54, 1.807) is 20.8 Å². The highest BCUT2D eigenvalue weighted by molar-refractivity contribution is 7.89. The summed E-state index contributed by atoms with van der Waals surface area (Å²) in [6.45, 7) is 5.12. The largest absolute Gasteiger partial charge is 0.481 e. The second kappa shape index (κ2) is 4.61. The number of nitrogens with zero attached hydrogens (tertiary/aromatic N) is 2. The van der Waals surface area contributed by atoms with Crippen molar-refractivity contribution >= 4 is 16.0 Å². The summed E-state index contributed by atoms with van der Waals surface area (Å²) in [5, 5.41) is 15.6. The highest BCUT2D eigenvalue weighted by atomic mass is 32.2. The van der Waals surface area contributed by atoms with Crippen LogP contribution in [0.15, 0.2) is 4.90 Å². The van der Waals surface area contributed by atoms with Gasteiger partial charge in [0, 0.05) is 12.6 Å². The van der Waals surface area contributed by atoms with E-state index >= 15 is 0 Å². The Balaban J connectivity index is 2.40. The molecule has 0 spiro atoms. The number of carboxylic acid groups (broad SMARTS) is 1. The fourth-order valence-corrected chi connectivity index (χ4v) is 4.64. The first-order chi connectivity index (χ1) is 8.76. The smallest absolute Gasteiger partial charge is 0.308 e. The lowest BCUT2D eigenvalue weighted by atomic mass is 10.0. The molecule has 0 amide bonds. The van der Waals surface area contributed by atoms with Gasteiger partial charge in [-0.15, -0.1) is 0 Å². The van der Waals surface area contributed by atoms with Gasteiger partial charge < -0.3 is 5.11 Å². The Morgan fingerprint density at radius 2 is 2.11 bits per heavy atom. The Hall–Kier alpha value is -1.41. The van der Waals surface area contributed by atoms with Crippen LogP contribution >= 0.6 is 0 Å². The molecule has 1 aliphatic heterocycles. The van der Waals surface area contributed by atoms with E-state index in [-0.39, 0.29) is 11.4 Å². The molecule has 2 N–H and O–H groups in total. The van der Waals surface area contributed by atoms with E-state index in [2.05, 4.69) is 10.2 Å². The Bertz CT molecular complexity index is 588. The van der Waals surface area contributed by atoms with Crippen LogP contribution in [0.2, 0.25) is 0 Å². The minimum Gasteiger partial charge on any atom is -0.481 e. The lowest BCUT2D eigenvalue weighted by molar-refractivity contribution is -0.142. The molecule has 0 saturated carbocycles. The van der Waals surface area contributed by atoms with Crippen LogP contribution in [0.1, 0.15) is 24.7 Å². The summed E-state index contributed by atoms with van der Waals surface area (Å²) in [5.41, 5.74) is 0.881. The van der Waals surface area contributed by atoms with E-state index in [1.807, 2.05) is 0 Å². The summed E-state index contributed by atoms with van der Waals surface area (Å²) in [4.78, 5) is 11.2. The van der Waals surface area contributed by atoms with Crippen LogP contribution in [0.4, 0.5) is 0 Å². The molecule has 2 unspecified atom stereocenters. The van der Waals surface area contributed by atoms with E-state index in [0.717, 1.165) is 0 Å². The maximum absolute atomic E-state index is 12.6. The number of aromatic amines is 1. The van der Waals surface area contributed by atoms with Crippen molar-refractivity contribution in [3.63, 3.8) is 0 Å². The van der Waals surface area contributed by atoms with Crippen LogP contribution in [0, 0.1) is 19.8 Å². The average Bonchev–Trinajstić information content (AvgIpc) is 2.82. The van der Waals surface area contributed by atoms with Crippen molar-refractivity contribution in [2.45, 2.75) is 38.1 Å². The molecule has 8 heteroatoms. The molecule has 1 saturated heterocycles. The summed E-state index contributed by atoms with van der Waals surface area (Å²) in [6, 6.07) is -0.545. The minimum atomic E-state index is -3.70. The summed E-state index contributed by atoms with van der Waals surface area (Å²) >= 11 is 0. The molecule has 0 bridgehead atoms. The van der Waals surface area contributed by atoms with E-state index in [9.17, 15) is 13.2 Å². The van der Waals surface area contributed by atoms with E-state index in [0.29, 0.717) is 17.8 Å². The number of hydrogen-bond acceptors (Lipinski definition) is 4. The van der Waals surface area contributed by atoms with Crippen molar-refractivity contribution in [1.29, 1.82) is 0 Å². The summed E-state index contributed by atoms with van der Waals surface area (Å²) < 4.78 is 26.4. The third kappa shape index (κ3) is 2.14. The Morgan fingerprint density at radius 3 is 2.53 bits per heavy atom. The Labute approximate surface area is 111 Å². The lowest BCUT2D eigenvalue weighted by Crippen LogP contribution is -2.38. The Kier molecular flexibility index (Phi) is 3.40. The van der Waals surface area contributed by atoms with Crippen LogP contribution in [0.25, 0.3) is 0 Å². The first kappa shape index (κ1) is 14.0. The van der Waals surface area contributed by atoms with E-state index < -0.39 is 28.0 Å². The van der Waals surface area contributed by atoms with Crippen molar-refractivity contribution in [2.75, 3.05) is 6.54 Å². The number of aromatic nitrogens is 2. The third-order valence-corrected chi connectivity index (χ3v) is 5.89.